The molecule has 0 saturated heterocycles. The minimum Gasteiger partial charge on any atom is -0.265 e. The lowest BCUT2D eigenvalue weighted by atomic mass is 9.92. The van der Waals surface area contributed by atoms with Gasteiger partial charge in [-0.3, -0.25) is 4.99 Å². The van der Waals surface area contributed by atoms with E-state index in [9.17, 15) is 4.39 Å². The third-order valence-corrected chi connectivity index (χ3v) is 2.74. The average Bonchev–Trinajstić information content (AvgIpc) is 2.29. The number of nitrogens with zero attached hydrogens (tertiary/aromatic N) is 1. The SMILES string of the molecule is C#CCC(=N/C=C\C(C)F)C(CC)CCCC. The van der Waals surface area contributed by atoms with Gasteiger partial charge in [0.1, 0.15) is 6.17 Å². The summed E-state index contributed by atoms with van der Waals surface area (Å²) in [7, 11) is 0. The molecule has 0 rings (SSSR count). The molecule has 0 bridgehead atoms. The summed E-state index contributed by atoms with van der Waals surface area (Å²) in [5.74, 6) is 3.07. The topological polar surface area (TPSA) is 12.4 Å². The quantitative estimate of drug-likeness (QED) is 0.434. The molecular weight excluding hydrogens is 213 g/mol. The highest BCUT2D eigenvalue weighted by molar-refractivity contribution is 5.89. The fraction of sp³-hybridized carbons (Fsp3) is 0.667. The Bertz CT molecular complexity index is 284. The first-order valence-corrected chi connectivity index (χ1v) is 6.46. The number of hydrogen-bond acceptors (Lipinski definition) is 1. The van der Waals surface area contributed by atoms with Crippen LogP contribution in [0.1, 0.15) is 52.9 Å². The molecule has 0 heterocycles. The molecule has 0 saturated carbocycles. The molecule has 0 spiro atoms. The van der Waals surface area contributed by atoms with E-state index in [1.54, 1.807) is 6.20 Å². The van der Waals surface area contributed by atoms with Crippen LogP contribution in [-0.4, -0.2) is 11.9 Å². The van der Waals surface area contributed by atoms with E-state index >= 15 is 0 Å². The second kappa shape index (κ2) is 10.1. The van der Waals surface area contributed by atoms with Crippen molar-refractivity contribution in [3.63, 3.8) is 0 Å². The summed E-state index contributed by atoms with van der Waals surface area (Å²) >= 11 is 0. The Morgan fingerprint density at radius 2 is 2.18 bits per heavy atom. The molecule has 0 aliphatic rings. The van der Waals surface area contributed by atoms with Crippen molar-refractivity contribution in [1.82, 2.24) is 0 Å². The van der Waals surface area contributed by atoms with Crippen molar-refractivity contribution in [1.29, 1.82) is 0 Å². The Morgan fingerprint density at radius 1 is 1.47 bits per heavy atom. The Hall–Kier alpha value is -1.10. The van der Waals surface area contributed by atoms with E-state index < -0.39 is 6.17 Å². The van der Waals surface area contributed by atoms with Gasteiger partial charge in [0.15, 0.2) is 0 Å². The van der Waals surface area contributed by atoms with Gasteiger partial charge in [-0.05, 0) is 31.8 Å². The zero-order valence-electron chi connectivity index (χ0n) is 11.2. The van der Waals surface area contributed by atoms with E-state index in [0.717, 1.165) is 18.6 Å². The van der Waals surface area contributed by atoms with E-state index in [2.05, 4.69) is 24.8 Å². The Balaban J connectivity index is 4.61. The lowest BCUT2D eigenvalue weighted by Gasteiger charge is -2.15. The summed E-state index contributed by atoms with van der Waals surface area (Å²) in [6.45, 7) is 5.81. The molecule has 1 nitrogen and oxygen atoms in total. The predicted octanol–water partition coefficient (Wildman–Crippen LogP) is 4.54. The van der Waals surface area contributed by atoms with Crippen molar-refractivity contribution in [2.24, 2.45) is 10.9 Å². The zero-order chi connectivity index (χ0) is 13.1. The van der Waals surface area contributed by atoms with Gasteiger partial charge in [0.05, 0.1) is 0 Å². The van der Waals surface area contributed by atoms with E-state index in [1.807, 2.05) is 0 Å². The molecule has 0 fully saturated rings. The first-order chi connectivity index (χ1) is 8.15. The van der Waals surface area contributed by atoms with E-state index in [-0.39, 0.29) is 0 Å². The number of terminal acetylenes is 1. The van der Waals surface area contributed by atoms with Gasteiger partial charge >= 0.3 is 0 Å². The molecule has 0 aromatic carbocycles. The number of alkyl halides is 1. The van der Waals surface area contributed by atoms with Crippen molar-refractivity contribution in [3.8, 4) is 12.3 Å². The first kappa shape index (κ1) is 15.9. The monoisotopic (exact) mass is 237 g/mol. The largest absolute Gasteiger partial charge is 0.265 e. The van der Waals surface area contributed by atoms with Gasteiger partial charge in [-0.1, -0.05) is 26.7 Å². The van der Waals surface area contributed by atoms with Crippen molar-refractivity contribution in [3.05, 3.63) is 12.3 Å². The van der Waals surface area contributed by atoms with Crippen molar-refractivity contribution in [2.75, 3.05) is 0 Å². The smallest absolute Gasteiger partial charge is 0.117 e. The highest BCUT2D eigenvalue weighted by atomic mass is 19.1. The fourth-order valence-electron chi connectivity index (χ4n) is 1.71. The Labute approximate surface area is 105 Å². The van der Waals surface area contributed by atoms with Crippen LogP contribution in [0.15, 0.2) is 17.3 Å². The molecule has 0 aromatic heterocycles. The Kier molecular flexibility index (Phi) is 9.43. The first-order valence-electron chi connectivity index (χ1n) is 6.46. The third kappa shape index (κ3) is 7.74. The lowest BCUT2D eigenvalue weighted by Crippen LogP contribution is -2.13. The molecule has 0 aromatic rings. The van der Waals surface area contributed by atoms with Crippen LogP contribution in [0.3, 0.4) is 0 Å². The van der Waals surface area contributed by atoms with Crippen LogP contribution in [0.2, 0.25) is 0 Å². The maximum Gasteiger partial charge on any atom is 0.117 e. The van der Waals surface area contributed by atoms with Gasteiger partial charge in [-0.15, -0.1) is 12.3 Å². The number of halogens is 1. The summed E-state index contributed by atoms with van der Waals surface area (Å²) < 4.78 is 12.6. The number of unbranched alkanes of at least 4 members (excludes halogenated alkanes) is 1. The summed E-state index contributed by atoms with van der Waals surface area (Å²) in [6, 6.07) is 0. The minimum atomic E-state index is -0.957. The van der Waals surface area contributed by atoms with Crippen LogP contribution in [-0.2, 0) is 0 Å². The average molecular weight is 237 g/mol. The van der Waals surface area contributed by atoms with Crippen molar-refractivity contribution in [2.45, 2.75) is 59.0 Å². The molecule has 96 valence electrons. The molecule has 2 unspecified atom stereocenters. The van der Waals surface area contributed by atoms with Crippen LogP contribution in [0.4, 0.5) is 4.39 Å². The van der Waals surface area contributed by atoms with Crippen molar-refractivity contribution >= 4 is 5.71 Å². The van der Waals surface area contributed by atoms with Crippen LogP contribution < -0.4 is 0 Å². The molecule has 0 amide bonds. The summed E-state index contributed by atoms with van der Waals surface area (Å²) in [5, 5.41) is 0. The van der Waals surface area contributed by atoms with Gasteiger partial charge in [0.25, 0.3) is 0 Å². The molecule has 2 heteroatoms. The second-order valence-electron chi connectivity index (χ2n) is 4.27. The molecule has 2 atom stereocenters. The number of aliphatic imine (C=N–C) groups is 1. The normalized spacial score (nSPS) is 15.8. The minimum absolute atomic E-state index is 0.436. The molecular formula is C15H24FN. The second-order valence-corrected chi connectivity index (χ2v) is 4.27. The summed E-state index contributed by atoms with van der Waals surface area (Å²) in [6.07, 6.45) is 12.5. The number of hydrogen-bond donors (Lipinski definition) is 0. The predicted molar refractivity (Wildman–Crippen MR) is 73.9 cm³/mol. The third-order valence-electron chi connectivity index (χ3n) is 2.74. The molecule has 17 heavy (non-hydrogen) atoms. The van der Waals surface area contributed by atoms with Crippen molar-refractivity contribution < 1.29 is 4.39 Å². The van der Waals surface area contributed by atoms with Crippen LogP contribution in [0.5, 0.6) is 0 Å². The molecule has 0 radical (unpaired) electrons. The number of rotatable bonds is 8. The molecule has 0 N–H and O–H groups in total. The van der Waals surface area contributed by atoms with Gasteiger partial charge in [0.2, 0.25) is 0 Å². The summed E-state index contributed by atoms with van der Waals surface area (Å²) in [4.78, 5) is 4.33. The van der Waals surface area contributed by atoms with Gasteiger partial charge in [-0.25, -0.2) is 4.39 Å². The maximum atomic E-state index is 12.6. The van der Waals surface area contributed by atoms with Crippen LogP contribution >= 0.6 is 0 Å². The summed E-state index contributed by atoms with van der Waals surface area (Å²) in [5.41, 5.74) is 1.01. The highest BCUT2D eigenvalue weighted by Crippen LogP contribution is 2.17. The van der Waals surface area contributed by atoms with Gasteiger partial charge < -0.3 is 0 Å². The van der Waals surface area contributed by atoms with E-state index in [1.165, 1.54) is 25.8 Å². The number of allylic oxidation sites excluding steroid dienone is 1. The van der Waals surface area contributed by atoms with Gasteiger partial charge in [-0.2, -0.15) is 0 Å². The van der Waals surface area contributed by atoms with Gasteiger partial charge in [0, 0.05) is 18.3 Å². The van der Waals surface area contributed by atoms with E-state index in [4.69, 9.17) is 6.42 Å². The zero-order valence-corrected chi connectivity index (χ0v) is 11.2. The van der Waals surface area contributed by atoms with E-state index in [0.29, 0.717) is 12.3 Å². The standard InChI is InChI=1S/C15H24FN/c1-5-8-10-14(7-3)15(9-6-2)17-12-11-13(4)16/h2,11-14H,5,7-10H2,1,3-4H3/b12-11-,17-15?. The maximum absolute atomic E-state index is 12.6. The highest BCUT2D eigenvalue weighted by Gasteiger charge is 2.12. The Morgan fingerprint density at radius 3 is 2.65 bits per heavy atom. The lowest BCUT2D eigenvalue weighted by molar-refractivity contribution is 0.430. The van der Waals surface area contributed by atoms with Crippen LogP contribution in [0, 0.1) is 18.3 Å². The molecule has 0 aliphatic carbocycles. The van der Waals surface area contributed by atoms with Crippen LogP contribution in [0.25, 0.3) is 0 Å². The fourth-order valence-corrected chi connectivity index (χ4v) is 1.71. The molecule has 0 aliphatic heterocycles.